The molecular formula is C13H18BrNO. The molecule has 1 aromatic carbocycles. The van der Waals surface area contributed by atoms with Crippen LogP contribution in [-0.4, -0.2) is 12.1 Å². The Hall–Kier alpha value is -0.540. The van der Waals surface area contributed by atoms with Crippen LogP contribution in [0, 0.1) is 0 Å². The topological polar surface area (TPSA) is 35.2 Å². The Morgan fingerprint density at radius 2 is 1.75 bits per heavy atom. The minimum atomic E-state index is -0.119. The Morgan fingerprint density at radius 1 is 1.12 bits per heavy atom. The van der Waals surface area contributed by atoms with Crippen molar-refractivity contribution in [3.8, 4) is 5.75 Å². The molecule has 0 amide bonds. The van der Waals surface area contributed by atoms with Crippen molar-refractivity contribution in [2.24, 2.45) is 5.73 Å². The first-order valence-electron chi connectivity index (χ1n) is 5.89. The van der Waals surface area contributed by atoms with E-state index in [0.717, 1.165) is 23.1 Å². The van der Waals surface area contributed by atoms with E-state index in [-0.39, 0.29) is 5.60 Å². The summed E-state index contributed by atoms with van der Waals surface area (Å²) in [7, 11) is 0. The van der Waals surface area contributed by atoms with E-state index in [4.69, 9.17) is 10.5 Å². The van der Waals surface area contributed by atoms with Gasteiger partial charge >= 0.3 is 0 Å². The van der Waals surface area contributed by atoms with Crippen LogP contribution in [0.4, 0.5) is 0 Å². The van der Waals surface area contributed by atoms with Crippen LogP contribution in [0.1, 0.15) is 32.1 Å². The van der Waals surface area contributed by atoms with Gasteiger partial charge in [-0.15, -0.1) is 0 Å². The molecule has 0 aliphatic heterocycles. The number of benzene rings is 1. The van der Waals surface area contributed by atoms with Gasteiger partial charge in [0.25, 0.3) is 0 Å². The van der Waals surface area contributed by atoms with Gasteiger partial charge in [0.15, 0.2) is 0 Å². The quantitative estimate of drug-likeness (QED) is 0.922. The SMILES string of the molecule is NCC1(Oc2ccc(Br)cc2)CCCCC1. The van der Waals surface area contributed by atoms with Gasteiger partial charge in [0.1, 0.15) is 11.4 Å². The van der Waals surface area contributed by atoms with Gasteiger partial charge in [0.05, 0.1) is 0 Å². The fourth-order valence-corrected chi connectivity index (χ4v) is 2.56. The molecule has 3 heteroatoms. The van der Waals surface area contributed by atoms with E-state index >= 15 is 0 Å². The molecular weight excluding hydrogens is 266 g/mol. The standard InChI is InChI=1S/C13H18BrNO/c14-11-4-6-12(7-5-11)16-13(10-15)8-2-1-3-9-13/h4-7H,1-3,8-10,15H2. The zero-order chi connectivity index (χ0) is 11.4. The van der Waals surface area contributed by atoms with Gasteiger partial charge in [-0.25, -0.2) is 0 Å². The van der Waals surface area contributed by atoms with E-state index in [1.807, 2.05) is 24.3 Å². The molecule has 88 valence electrons. The highest BCUT2D eigenvalue weighted by molar-refractivity contribution is 9.10. The average molecular weight is 284 g/mol. The normalized spacial score (nSPS) is 19.4. The van der Waals surface area contributed by atoms with Crippen molar-refractivity contribution >= 4 is 15.9 Å². The van der Waals surface area contributed by atoms with Gasteiger partial charge in [0, 0.05) is 11.0 Å². The summed E-state index contributed by atoms with van der Waals surface area (Å²) in [6.45, 7) is 0.614. The van der Waals surface area contributed by atoms with Gasteiger partial charge in [0.2, 0.25) is 0 Å². The van der Waals surface area contributed by atoms with E-state index in [0.29, 0.717) is 6.54 Å². The highest BCUT2D eigenvalue weighted by atomic mass is 79.9. The van der Waals surface area contributed by atoms with Gasteiger partial charge in [-0.2, -0.15) is 0 Å². The van der Waals surface area contributed by atoms with Crippen LogP contribution in [0.15, 0.2) is 28.7 Å². The van der Waals surface area contributed by atoms with Crippen LogP contribution < -0.4 is 10.5 Å². The molecule has 1 aromatic rings. The smallest absolute Gasteiger partial charge is 0.121 e. The molecule has 1 saturated carbocycles. The van der Waals surface area contributed by atoms with Gasteiger partial charge in [-0.1, -0.05) is 22.4 Å². The summed E-state index contributed by atoms with van der Waals surface area (Å²) in [6.07, 6.45) is 5.94. The van der Waals surface area contributed by atoms with E-state index in [9.17, 15) is 0 Å². The van der Waals surface area contributed by atoms with Crippen LogP contribution in [-0.2, 0) is 0 Å². The van der Waals surface area contributed by atoms with E-state index in [2.05, 4.69) is 15.9 Å². The van der Waals surface area contributed by atoms with Crippen molar-refractivity contribution in [3.63, 3.8) is 0 Å². The third-order valence-electron chi connectivity index (χ3n) is 3.28. The molecule has 16 heavy (non-hydrogen) atoms. The minimum Gasteiger partial charge on any atom is -0.486 e. The summed E-state index contributed by atoms with van der Waals surface area (Å²) in [6, 6.07) is 8.00. The lowest BCUT2D eigenvalue weighted by atomic mass is 9.84. The van der Waals surface area contributed by atoms with Crippen LogP contribution in [0.2, 0.25) is 0 Å². The fraction of sp³-hybridized carbons (Fsp3) is 0.538. The first-order valence-corrected chi connectivity index (χ1v) is 6.68. The predicted octanol–water partition coefficient (Wildman–Crippen LogP) is 3.49. The molecule has 0 radical (unpaired) electrons. The maximum atomic E-state index is 6.10. The maximum Gasteiger partial charge on any atom is 0.121 e. The largest absolute Gasteiger partial charge is 0.486 e. The number of hydrogen-bond acceptors (Lipinski definition) is 2. The van der Waals surface area contributed by atoms with E-state index in [1.165, 1.54) is 19.3 Å². The van der Waals surface area contributed by atoms with Crippen molar-refractivity contribution in [3.05, 3.63) is 28.7 Å². The summed E-state index contributed by atoms with van der Waals surface area (Å²) in [4.78, 5) is 0. The molecule has 0 heterocycles. The summed E-state index contributed by atoms with van der Waals surface area (Å²) in [5.41, 5.74) is 5.76. The van der Waals surface area contributed by atoms with Crippen molar-refractivity contribution in [2.45, 2.75) is 37.7 Å². The van der Waals surface area contributed by atoms with Crippen LogP contribution in [0.5, 0.6) is 5.75 Å². The molecule has 0 unspecified atom stereocenters. The second-order valence-electron chi connectivity index (χ2n) is 4.50. The second-order valence-corrected chi connectivity index (χ2v) is 5.42. The molecule has 2 N–H and O–H groups in total. The van der Waals surface area contributed by atoms with Gasteiger partial charge < -0.3 is 10.5 Å². The molecule has 1 fully saturated rings. The molecule has 0 bridgehead atoms. The van der Waals surface area contributed by atoms with Crippen LogP contribution in [0.3, 0.4) is 0 Å². The van der Waals surface area contributed by atoms with Crippen molar-refractivity contribution in [1.29, 1.82) is 0 Å². The lowest BCUT2D eigenvalue weighted by Gasteiger charge is -2.36. The third-order valence-corrected chi connectivity index (χ3v) is 3.81. The Kier molecular flexibility index (Phi) is 3.87. The molecule has 0 atom stereocenters. The number of hydrogen-bond donors (Lipinski definition) is 1. The van der Waals surface area contributed by atoms with Gasteiger partial charge in [-0.05, 0) is 49.9 Å². The second kappa shape index (κ2) is 5.19. The maximum absolute atomic E-state index is 6.10. The lowest BCUT2D eigenvalue weighted by Crippen LogP contribution is -2.45. The summed E-state index contributed by atoms with van der Waals surface area (Å²) in [5, 5.41) is 0. The Balaban J connectivity index is 2.08. The van der Waals surface area contributed by atoms with Crippen molar-refractivity contribution in [1.82, 2.24) is 0 Å². The Morgan fingerprint density at radius 3 is 2.31 bits per heavy atom. The molecule has 1 aliphatic rings. The van der Waals surface area contributed by atoms with Crippen LogP contribution >= 0.6 is 15.9 Å². The Bertz CT molecular complexity index is 330. The summed E-state index contributed by atoms with van der Waals surface area (Å²) >= 11 is 3.42. The molecule has 2 rings (SSSR count). The molecule has 2 nitrogen and oxygen atoms in total. The molecule has 0 saturated heterocycles. The van der Waals surface area contributed by atoms with Crippen LogP contribution in [0.25, 0.3) is 0 Å². The number of nitrogens with two attached hydrogens (primary N) is 1. The summed E-state index contributed by atoms with van der Waals surface area (Å²) < 4.78 is 7.18. The van der Waals surface area contributed by atoms with Crippen molar-refractivity contribution in [2.75, 3.05) is 6.54 Å². The lowest BCUT2D eigenvalue weighted by molar-refractivity contribution is 0.0387. The van der Waals surface area contributed by atoms with Gasteiger partial charge in [-0.3, -0.25) is 0 Å². The first kappa shape index (κ1) is 11.9. The monoisotopic (exact) mass is 283 g/mol. The van der Waals surface area contributed by atoms with Crippen molar-refractivity contribution < 1.29 is 4.74 Å². The zero-order valence-corrected chi connectivity index (χ0v) is 11.0. The number of ether oxygens (including phenoxy) is 1. The van der Waals surface area contributed by atoms with E-state index < -0.39 is 0 Å². The predicted molar refractivity (Wildman–Crippen MR) is 69.6 cm³/mol. The first-order chi connectivity index (χ1) is 7.74. The molecule has 0 spiro atoms. The third kappa shape index (κ3) is 2.77. The fourth-order valence-electron chi connectivity index (χ4n) is 2.30. The van der Waals surface area contributed by atoms with E-state index in [1.54, 1.807) is 0 Å². The molecule has 1 aliphatic carbocycles. The highest BCUT2D eigenvalue weighted by Gasteiger charge is 2.32. The highest BCUT2D eigenvalue weighted by Crippen LogP contribution is 2.32. The summed E-state index contributed by atoms with van der Waals surface area (Å²) in [5.74, 6) is 0.926. The average Bonchev–Trinajstić information content (AvgIpc) is 2.33. The zero-order valence-electron chi connectivity index (χ0n) is 9.42. The Labute approximate surface area is 105 Å². The minimum absolute atomic E-state index is 0.119. The molecule has 0 aromatic heterocycles. The number of rotatable bonds is 3. The number of halogens is 1.